The van der Waals surface area contributed by atoms with E-state index in [0.717, 1.165) is 18.0 Å². The SMILES string of the molecule is COc1cc(C=O)ccc1SC(=O)N(C)C. The molecule has 0 radical (unpaired) electrons. The molecule has 0 aromatic heterocycles. The third-order valence-electron chi connectivity index (χ3n) is 1.89. The number of rotatable bonds is 3. The fourth-order valence-electron chi connectivity index (χ4n) is 1.03. The summed E-state index contributed by atoms with van der Waals surface area (Å²) in [6.07, 6.45) is 0.741. The van der Waals surface area contributed by atoms with E-state index in [2.05, 4.69) is 0 Å². The molecule has 4 nitrogen and oxygen atoms in total. The first-order chi connectivity index (χ1) is 7.58. The highest BCUT2D eigenvalue weighted by atomic mass is 32.2. The van der Waals surface area contributed by atoms with Crippen LogP contribution in [0.4, 0.5) is 4.79 Å². The van der Waals surface area contributed by atoms with E-state index in [-0.39, 0.29) is 5.24 Å². The van der Waals surface area contributed by atoms with Gasteiger partial charge in [0.2, 0.25) is 0 Å². The van der Waals surface area contributed by atoms with Crippen molar-refractivity contribution in [3.8, 4) is 5.75 Å². The molecular weight excluding hydrogens is 226 g/mol. The number of carbonyl (C=O) groups excluding carboxylic acids is 2. The summed E-state index contributed by atoms with van der Waals surface area (Å²) >= 11 is 1.07. The van der Waals surface area contributed by atoms with Crippen molar-refractivity contribution in [1.82, 2.24) is 4.90 Å². The third-order valence-corrected chi connectivity index (χ3v) is 2.98. The van der Waals surface area contributed by atoms with Crippen LogP contribution in [-0.2, 0) is 0 Å². The number of methoxy groups -OCH3 is 1. The number of nitrogens with zero attached hydrogens (tertiary/aromatic N) is 1. The average Bonchev–Trinajstić information content (AvgIpc) is 2.29. The molecule has 0 spiro atoms. The Morgan fingerprint density at radius 3 is 2.62 bits per heavy atom. The van der Waals surface area contributed by atoms with Crippen LogP contribution in [0.5, 0.6) is 5.75 Å². The molecule has 0 heterocycles. The normalized spacial score (nSPS) is 9.69. The lowest BCUT2D eigenvalue weighted by Crippen LogP contribution is -2.16. The summed E-state index contributed by atoms with van der Waals surface area (Å²) in [4.78, 5) is 24.3. The Bertz CT molecular complexity index is 404. The van der Waals surface area contributed by atoms with Gasteiger partial charge in [-0.2, -0.15) is 0 Å². The quantitative estimate of drug-likeness (QED) is 0.599. The molecule has 0 saturated heterocycles. The van der Waals surface area contributed by atoms with Gasteiger partial charge in [-0.05, 0) is 23.9 Å². The smallest absolute Gasteiger partial charge is 0.286 e. The summed E-state index contributed by atoms with van der Waals surface area (Å²) in [5, 5.41) is -0.0860. The topological polar surface area (TPSA) is 46.6 Å². The molecule has 0 aliphatic rings. The summed E-state index contributed by atoms with van der Waals surface area (Å²) in [7, 11) is 4.87. The predicted molar refractivity (Wildman–Crippen MR) is 63.3 cm³/mol. The highest BCUT2D eigenvalue weighted by Crippen LogP contribution is 2.31. The van der Waals surface area contributed by atoms with Crippen LogP contribution in [0.25, 0.3) is 0 Å². The minimum Gasteiger partial charge on any atom is -0.496 e. The molecule has 0 N–H and O–H groups in total. The van der Waals surface area contributed by atoms with Gasteiger partial charge in [-0.3, -0.25) is 9.59 Å². The first-order valence-electron chi connectivity index (χ1n) is 4.61. The van der Waals surface area contributed by atoms with E-state index >= 15 is 0 Å². The fraction of sp³-hybridized carbons (Fsp3) is 0.273. The monoisotopic (exact) mass is 239 g/mol. The zero-order valence-corrected chi connectivity index (χ0v) is 10.2. The number of hydrogen-bond acceptors (Lipinski definition) is 4. The van der Waals surface area contributed by atoms with Gasteiger partial charge in [0.1, 0.15) is 12.0 Å². The summed E-state index contributed by atoms with van der Waals surface area (Å²) < 4.78 is 5.12. The van der Waals surface area contributed by atoms with Gasteiger partial charge < -0.3 is 9.64 Å². The van der Waals surface area contributed by atoms with E-state index in [4.69, 9.17) is 4.74 Å². The first kappa shape index (κ1) is 12.6. The molecule has 0 saturated carbocycles. The molecule has 5 heteroatoms. The van der Waals surface area contributed by atoms with Gasteiger partial charge in [0, 0.05) is 19.7 Å². The van der Waals surface area contributed by atoms with Crippen LogP contribution in [0.1, 0.15) is 10.4 Å². The van der Waals surface area contributed by atoms with Crippen molar-refractivity contribution in [1.29, 1.82) is 0 Å². The second-order valence-corrected chi connectivity index (χ2v) is 4.28. The molecule has 1 amide bonds. The minimum atomic E-state index is -0.0860. The van der Waals surface area contributed by atoms with Gasteiger partial charge >= 0.3 is 0 Å². The van der Waals surface area contributed by atoms with E-state index < -0.39 is 0 Å². The molecule has 0 atom stereocenters. The van der Waals surface area contributed by atoms with Gasteiger partial charge in [0.15, 0.2) is 0 Å². The lowest BCUT2D eigenvalue weighted by atomic mass is 10.2. The number of thioether (sulfide) groups is 1. The minimum absolute atomic E-state index is 0.0860. The maximum Gasteiger partial charge on any atom is 0.286 e. The summed E-state index contributed by atoms with van der Waals surface area (Å²) in [5.41, 5.74) is 0.526. The van der Waals surface area contributed by atoms with Gasteiger partial charge in [0.05, 0.1) is 12.0 Å². The fourth-order valence-corrected chi connectivity index (χ4v) is 1.78. The Labute approximate surface area is 98.6 Å². The highest BCUT2D eigenvalue weighted by Gasteiger charge is 2.11. The van der Waals surface area contributed by atoms with Crippen LogP contribution in [0.2, 0.25) is 0 Å². The maximum absolute atomic E-state index is 11.5. The van der Waals surface area contributed by atoms with Gasteiger partial charge in [-0.25, -0.2) is 0 Å². The average molecular weight is 239 g/mol. The van der Waals surface area contributed by atoms with E-state index in [1.165, 1.54) is 12.0 Å². The highest BCUT2D eigenvalue weighted by molar-refractivity contribution is 8.13. The van der Waals surface area contributed by atoms with Gasteiger partial charge in [-0.1, -0.05) is 6.07 Å². The molecular formula is C11H13NO3S. The number of hydrogen-bond donors (Lipinski definition) is 0. The Kier molecular flexibility index (Phi) is 4.37. The Morgan fingerprint density at radius 2 is 2.12 bits per heavy atom. The standard InChI is InChI=1S/C11H13NO3S/c1-12(2)11(14)16-10-5-4-8(7-13)6-9(10)15-3/h4-7H,1-3H3. The summed E-state index contributed by atoms with van der Waals surface area (Å²) in [6.45, 7) is 0. The molecule has 1 aromatic rings. The molecule has 0 bridgehead atoms. The number of ether oxygens (including phenoxy) is 1. The molecule has 0 aliphatic heterocycles. The number of carbonyl (C=O) groups is 2. The van der Waals surface area contributed by atoms with Crippen LogP contribution in [0.15, 0.2) is 23.1 Å². The Morgan fingerprint density at radius 1 is 1.44 bits per heavy atom. The van der Waals surface area contributed by atoms with Crippen molar-refractivity contribution in [3.05, 3.63) is 23.8 Å². The Hall–Kier alpha value is -1.49. The van der Waals surface area contributed by atoms with Gasteiger partial charge in [-0.15, -0.1) is 0 Å². The molecule has 0 fully saturated rings. The maximum atomic E-state index is 11.5. The van der Waals surface area contributed by atoms with Crippen LogP contribution < -0.4 is 4.74 Å². The number of benzene rings is 1. The number of aldehydes is 1. The first-order valence-corrected chi connectivity index (χ1v) is 5.42. The molecule has 1 rings (SSSR count). The molecule has 86 valence electrons. The Balaban J connectivity index is 2.95. The summed E-state index contributed by atoms with van der Waals surface area (Å²) in [6, 6.07) is 4.97. The van der Waals surface area contributed by atoms with E-state index in [9.17, 15) is 9.59 Å². The van der Waals surface area contributed by atoms with Crippen molar-refractivity contribution in [2.45, 2.75) is 4.90 Å². The van der Waals surface area contributed by atoms with Crippen molar-refractivity contribution in [3.63, 3.8) is 0 Å². The van der Waals surface area contributed by atoms with E-state index in [1.54, 1.807) is 32.3 Å². The van der Waals surface area contributed by atoms with E-state index in [0.29, 0.717) is 16.2 Å². The molecule has 16 heavy (non-hydrogen) atoms. The van der Waals surface area contributed by atoms with Crippen LogP contribution in [-0.4, -0.2) is 37.6 Å². The van der Waals surface area contributed by atoms with Crippen molar-refractivity contribution < 1.29 is 14.3 Å². The summed E-state index contributed by atoms with van der Waals surface area (Å²) in [5.74, 6) is 0.532. The van der Waals surface area contributed by atoms with Crippen LogP contribution in [0, 0.1) is 0 Å². The van der Waals surface area contributed by atoms with Crippen LogP contribution in [0.3, 0.4) is 0 Å². The zero-order chi connectivity index (χ0) is 12.1. The lowest BCUT2D eigenvalue weighted by molar-refractivity contribution is 0.112. The second-order valence-electron chi connectivity index (χ2n) is 3.29. The largest absolute Gasteiger partial charge is 0.496 e. The lowest BCUT2D eigenvalue weighted by Gasteiger charge is -2.11. The van der Waals surface area contributed by atoms with Crippen LogP contribution >= 0.6 is 11.8 Å². The van der Waals surface area contributed by atoms with E-state index in [1.807, 2.05) is 0 Å². The van der Waals surface area contributed by atoms with Crippen molar-refractivity contribution >= 4 is 23.3 Å². The molecule has 1 aromatic carbocycles. The van der Waals surface area contributed by atoms with Gasteiger partial charge in [0.25, 0.3) is 5.24 Å². The second kappa shape index (κ2) is 5.55. The predicted octanol–water partition coefficient (Wildman–Crippen LogP) is 2.28. The molecule has 0 aliphatic carbocycles. The number of amides is 1. The zero-order valence-electron chi connectivity index (χ0n) is 9.39. The van der Waals surface area contributed by atoms with Crippen molar-refractivity contribution in [2.75, 3.05) is 21.2 Å². The van der Waals surface area contributed by atoms with Crippen molar-refractivity contribution in [2.24, 2.45) is 0 Å². The molecule has 0 unspecified atom stereocenters. The third kappa shape index (κ3) is 3.00.